The van der Waals surface area contributed by atoms with Crippen molar-refractivity contribution in [2.24, 2.45) is 0 Å². The van der Waals surface area contributed by atoms with Crippen LogP contribution in [0, 0.1) is 0 Å². The molecule has 0 saturated heterocycles. The van der Waals surface area contributed by atoms with Gasteiger partial charge in [-0.25, -0.2) is 17.5 Å². The van der Waals surface area contributed by atoms with Gasteiger partial charge in [0.1, 0.15) is 5.75 Å². The van der Waals surface area contributed by atoms with Crippen LogP contribution in [-0.4, -0.2) is 38.6 Å². The number of hydrogen-bond acceptors (Lipinski definition) is 5. The summed E-state index contributed by atoms with van der Waals surface area (Å²) in [4.78, 5) is 23.8. The first kappa shape index (κ1) is 18.8. The maximum Gasteiger partial charge on any atom is 0.343 e. The van der Waals surface area contributed by atoms with Gasteiger partial charge >= 0.3 is 5.97 Å². The van der Waals surface area contributed by atoms with Crippen molar-refractivity contribution in [3.05, 3.63) is 59.7 Å². The summed E-state index contributed by atoms with van der Waals surface area (Å²) in [6.07, 6.45) is 0.395. The molecule has 25 heavy (non-hydrogen) atoms. The van der Waals surface area contributed by atoms with Crippen LogP contribution in [0.1, 0.15) is 34.1 Å². The third-order valence-corrected chi connectivity index (χ3v) is 5.37. The highest BCUT2D eigenvalue weighted by Gasteiger charge is 2.19. The Morgan fingerprint density at radius 2 is 1.64 bits per heavy atom. The largest absolute Gasteiger partial charge is 0.423 e. The topological polar surface area (TPSA) is 80.8 Å². The molecule has 0 unspecified atom stereocenters. The summed E-state index contributed by atoms with van der Waals surface area (Å²) in [5.41, 5.74) is 0.665. The summed E-state index contributed by atoms with van der Waals surface area (Å²) >= 11 is 0. The van der Waals surface area contributed by atoms with Gasteiger partial charge in [-0.1, -0.05) is 13.0 Å². The molecule has 0 spiro atoms. The molecule has 0 aliphatic heterocycles. The van der Waals surface area contributed by atoms with E-state index in [9.17, 15) is 18.0 Å². The second-order valence-electron chi connectivity index (χ2n) is 5.51. The zero-order valence-corrected chi connectivity index (χ0v) is 15.0. The highest BCUT2D eigenvalue weighted by atomic mass is 32.2. The second-order valence-corrected chi connectivity index (χ2v) is 7.66. The molecule has 2 aromatic rings. The molecule has 0 heterocycles. The van der Waals surface area contributed by atoms with Gasteiger partial charge in [0, 0.05) is 26.1 Å². The lowest BCUT2D eigenvalue weighted by Crippen LogP contribution is -2.22. The van der Waals surface area contributed by atoms with E-state index in [4.69, 9.17) is 4.74 Å². The number of esters is 1. The van der Waals surface area contributed by atoms with Gasteiger partial charge in [0.2, 0.25) is 10.0 Å². The molecule has 7 heteroatoms. The number of hydrogen-bond donors (Lipinski definition) is 0. The molecule has 2 rings (SSSR count). The molecule has 6 nitrogen and oxygen atoms in total. The van der Waals surface area contributed by atoms with Crippen molar-refractivity contribution in [2.45, 2.75) is 18.2 Å². The van der Waals surface area contributed by atoms with Gasteiger partial charge in [-0.3, -0.25) is 4.79 Å². The normalized spacial score (nSPS) is 11.4. The third-order valence-electron chi connectivity index (χ3n) is 3.56. The fourth-order valence-electron chi connectivity index (χ4n) is 2.07. The van der Waals surface area contributed by atoms with Gasteiger partial charge in [-0.15, -0.1) is 0 Å². The minimum absolute atomic E-state index is 0.000491. The van der Waals surface area contributed by atoms with Gasteiger partial charge in [0.05, 0.1) is 10.5 Å². The van der Waals surface area contributed by atoms with Gasteiger partial charge < -0.3 is 4.74 Å². The molecule has 0 radical (unpaired) electrons. The van der Waals surface area contributed by atoms with Gasteiger partial charge in [0.25, 0.3) is 0 Å². The molecule has 2 aromatic carbocycles. The molecule has 0 fully saturated rings. The fourth-order valence-corrected chi connectivity index (χ4v) is 3.02. The Hall–Kier alpha value is -2.51. The number of Topliss-reactive ketones (excluding diaryl/α,β-unsaturated/α-hetero) is 1. The predicted molar refractivity (Wildman–Crippen MR) is 93.3 cm³/mol. The first-order valence-corrected chi connectivity index (χ1v) is 9.07. The fraction of sp³-hybridized carbons (Fsp3) is 0.222. The summed E-state index contributed by atoms with van der Waals surface area (Å²) < 4.78 is 30.6. The number of rotatable bonds is 6. The summed E-state index contributed by atoms with van der Waals surface area (Å²) in [7, 11) is -0.803. The number of nitrogens with zero attached hydrogens (tertiary/aromatic N) is 1. The summed E-state index contributed by atoms with van der Waals surface area (Å²) in [5, 5.41) is 0. The van der Waals surface area contributed by atoms with Crippen molar-refractivity contribution < 1.29 is 22.7 Å². The van der Waals surface area contributed by atoms with Crippen LogP contribution in [0.15, 0.2) is 53.4 Å². The van der Waals surface area contributed by atoms with Gasteiger partial charge in [0.15, 0.2) is 5.78 Å². The average Bonchev–Trinajstić information content (AvgIpc) is 2.61. The molecule has 0 N–H and O–H groups in total. The average molecular weight is 361 g/mol. The van der Waals surface area contributed by atoms with E-state index in [1.165, 1.54) is 50.5 Å². The summed E-state index contributed by atoms with van der Waals surface area (Å²) in [6, 6.07) is 11.9. The van der Waals surface area contributed by atoms with E-state index in [1.54, 1.807) is 19.1 Å². The minimum Gasteiger partial charge on any atom is -0.423 e. The Morgan fingerprint density at radius 3 is 2.20 bits per heavy atom. The van der Waals surface area contributed by atoms with Crippen molar-refractivity contribution in [1.29, 1.82) is 0 Å². The SMILES string of the molecule is CCC(=O)c1ccc(OC(=O)c2cccc(S(=O)(=O)N(C)C)c2)cc1. The van der Waals surface area contributed by atoms with Gasteiger partial charge in [-0.05, 0) is 42.5 Å². The number of sulfonamides is 1. The van der Waals surface area contributed by atoms with Crippen molar-refractivity contribution in [3.8, 4) is 5.75 Å². The molecule has 0 bridgehead atoms. The number of carbonyl (C=O) groups is 2. The maximum absolute atomic E-state index is 12.2. The van der Waals surface area contributed by atoms with E-state index in [2.05, 4.69) is 0 Å². The van der Waals surface area contributed by atoms with Crippen molar-refractivity contribution in [3.63, 3.8) is 0 Å². The zero-order valence-electron chi connectivity index (χ0n) is 14.2. The number of benzene rings is 2. The van der Waals surface area contributed by atoms with E-state index >= 15 is 0 Å². The predicted octanol–water partition coefficient (Wildman–Crippen LogP) is 2.75. The lowest BCUT2D eigenvalue weighted by atomic mass is 10.1. The Morgan fingerprint density at radius 1 is 1.00 bits per heavy atom. The molecular weight excluding hydrogens is 342 g/mol. The Kier molecular flexibility index (Phi) is 5.71. The van der Waals surface area contributed by atoms with Crippen LogP contribution in [0.2, 0.25) is 0 Å². The van der Waals surface area contributed by atoms with Crippen LogP contribution in [0.3, 0.4) is 0 Å². The van der Waals surface area contributed by atoms with E-state index in [0.29, 0.717) is 12.0 Å². The molecule has 0 aliphatic carbocycles. The Bertz CT molecular complexity index is 886. The Labute approximate surface area is 147 Å². The molecule has 0 saturated carbocycles. The number of carbonyl (C=O) groups excluding carboxylic acids is 2. The van der Waals surface area contributed by atoms with E-state index < -0.39 is 16.0 Å². The van der Waals surface area contributed by atoms with E-state index in [0.717, 1.165) is 4.31 Å². The molecule has 0 aliphatic rings. The highest BCUT2D eigenvalue weighted by Crippen LogP contribution is 2.18. The standard InChI is InChI=1S/C18H19NO5S/c1-4-17(20)13-8-10-15(11-9-13)24-18(21)14-6-5-7-16(12-14)25(22,23)19(2)3/h5-12H,4H2,1-3H3. The third kappa shape index (κ3) is 4.32. The minimum atomic E-state index is -3.64. The van der Waals surface area contributed by atoms with Gasteiger partial charge in [-0.2, -0.15) is 0 Å². The first-order valence-electron chi connectivity index (χ1n) is 7.63. The lowest BCUT2D eigenvalue weighted by molar-refractivity contribution is 0.0734. The van der Waals surface area contributed by atoms with Crippen molar-refractivity contribution in [1.82, 2.24) is 4.31 Å². The number of ketones is 1. The molecular formula is C18H19NO5S. The second kappa shape index (κ2) is 7.58. The van der Waals surface area contributed by atoms with Crippen LogP contribution in [0.4, 0.5) is 0 Å². The molecule has 0 aromatic heterocycles. The first-order chi connectivity index (χ1) is 11.8. The maximum atomic E-state index is 12.2. The van der Waals surface area contributed by atoms with Crippen LogP contribution >= 0.6 is 0 Å². The Balaban J connectivity index is 2.20. The van der Waals surface area contributed by atoms with Crippen molar-refractivity contribution in [2.75, 3.05) is 14.1 Å². The van der Waals surface area contributed by atoms with Crippen LogP contribution in [0.5, 0.6) is 5.75 Å². The van der Waals surface area contributed by atoms with Crippen molar-refractivity contribution >= 4 is 21.8 Å². The lowest BCUT2D eigenvalue weighted by Gasteiger charge is -2.12. The molecule has 132 valence electrons. The van der Waals surface area contributed by atoms with Crippen LogP contribution in [-0.2, 0) is 10.0 Å². The monoisotopic (exact) mass is 361 g/mol. The number of ether oxygens (including phenoxy) is 1. The zero-order chi connectivity index (χ0) is 18.6. The summed E-state index contributed by atoms with van der Waals surface area (Å²) in [6.45, 7) is 1.77. The smallest absolute Gasteiger partial charge is 0.343 e. The molecule has 0 atom stereocenters. The van der Waals surface area contributed by atoms with Crippen LogP contribution in [0.25, 0.3) is 0 Å². The molecule has 0 amide bonds. The quantitative estimate of drug-likeness (QED) is 0.449. The van der Waals surface area contributed by atoms with E-state index in [1.807, 2.05) is 0 Å². The van der Waals surface area contributed by atoms with Crippen LogP contribution < -0.4 is 4.74 Å². The highest BCUT2D eigenvalue weighted by molar-refractivity contribution is 7.89. The summed E-state index contributed by atoms with van der Waals surface area (Å²) in [5.74, 6) is -0.400. The van der Waals surface area contributed by atoms with E-state index in [-0.39, 0.29) is 22.0 Å².